The monoisotopic (exact) mass is 304 g/mol. The number of rotatable bonds is 5. The molecule has 0 saturated carbocycles. The smallest absolute Gasteiger partial charge is 0.223 e. The van der Waals surface area contributed by atoms with Crippen LogP contribution in [0.4, 0.5) is 5.82 Å². The molecule has 0 radical (unpaired) electrons. The van der Waals surface area contributed by atoms with Crippen LogP contribution in [-0.4, -0.2) is 51.2 Å². The molecule has 0 amide bonds. The van der Waals surface area contributed by atoms with E-state index in [4.69, 9.17) is 9.26 Å². The Bertz CT molecular complexity index is 609. The van der Waals surface area contributed by atoms with Crippen molar-refractivity contribution < 1.29 is 9.26 Å². The van der Waals surface area contributed by atoms with Crippen molar-refractivity contribution in [3.05, 3.63) is 24.1 Å². The van der Waals surface area contributed by atoms with Crippen molar-refractivity contribution >= 4 is 5.82 Å². The second-order valence-electron chi connectivity index (χ2n) is 5.37. The van der Waals surface area contributed by atoms with Crippen LogP contribution in [0.15, 0.2) is 16.9 Å². The van der Waals surface area contributed by atoms with Gasteiger partial charge in [-0.25, -0.2) is 9.97 Å². The zero-order valence-corrected chi connectivity index (χ0v) is 12.8. The van der Waals surface area contributed by atoms with E-state index in [1.165, 1.54) is 6.33 Å². The Morgan fingerprint density at radius 2 is 2.18 bits per heavy atom. The van der Waals surface area contributed by atoms with Crippen molar-refractivity contribution in [2.45, 2.75) is 32.4 Å². The zero-order chi connectivity index (χ0) is 15.4. The first-order valence-corrected chi connectivity index (χ1v) is 7.37. The molecule has 1 aliphatic heterocycles. The molecule has 2 aromatic rings. The highest BCUT2D eigenvalue weighted by molar-refractivity contribution is 5.38. The van der Waals surface area contributed by atoms with E-state index in [0.717, 1.165) is 44.1 Å². The summed E-state index contributed by atoms with van der Waals surface area (Å²) in [5, 5.41) is 7.38. The summed E-state index contributed by atoms with van der Waals surface area (Å²) in [5.74, 6) is 2.75. The van der Waals surface area contributed by atoms with E-state index in [-0.39, 0.29) is 0 Å². The number of piperidine rings is 1. The Hall–Kier alpha value is -2.22. The predicted octanol–water partition coefficient (Wildman–Crippen LogP) is 1.25. The summed E-state index contributed by atoms with van der Waals surface area (Å²) in [6.45, 7) is 4.54. The number of hydrogen-bond acceptors (Lipinski definition) is 8. The molecule has 0 bridgehead atoms. The van der Waals surface area contributed by atoms with Gasteiger partial charge >= 0.3 is 0 Å². The maximum absolute atomic E-state index is 5.11. The molecule has 0 unspecified atom stereocenters. The van der Waals surface area contributed by atoms with Gasteiger partial charge < -0.3 is 14.6 Å². The van der Waals surface area contributed by atoms with Gasteiger partial charge in [-0.05, 0) is 12.8 Å². The van der Waals surface area contributed by atoms with E-state index in [1.54, 1.807) is 7.11 Å². The average molecular weight is 304 g/mol. The second-order valence-corrected chi connectivity index (χ2v) is 5.37. The quantitative estimate of drug-likeness (QED) is 0.883. The van der Waals surface area contributed by atoms with Crippen LogP contribution in [0.5, 0.6) is 5.88 Å². The number of aryl methyl sites for hydroxylation is 1. The third kappa shape index (κ3) is 3.70. The van der Waals surface area contributed by atoms with Crippen LogP contribution in [0.1, 0.15) is 24.6 Å². The van der Waals surface area contributed by atoms with Crippen LogP contribution in [0, 0.1) is 6.92 Å². The highest BCUT2D eigenvalue weighted by Crippen LogP contribution is 2.18. The van der Waals surface area contributed by atoms with Gasteiger partial charge in [0.15, 0.2) is 5.82 Å². The summed E-state index contributed by atoms with van der Waals surface area (Å²) in [4.78, 5) is 14.8. The molecule has 1 fully saturated rings. The van der Waals surface area contributed by atoms with Crippen molar-refractivity contribution in [2.75, 3.05) is 25.5 Å². The van der Waals surface area contributed by atoms with Crippen molar-refractivity contribution in [3.63, 3.8) is 0 Å². The minimum absolute atomic E-state index is 0.405. The van der Waals surface area contributed by atoms with E-state index in [1.807, 2.05) is 13.0 Å². The van der Waals surface area contributed by atoms with Crippen molar-refractivity contribution in [3.8, 4) is 5.88 Å². The Morgan fingerprint density at radius 3 is 2.86 bits per heavy atom. The maximum atomic E-state index is 5.11. The molecule has 0 spiro atoms. The number of hydrogen-bond donors (Lipinski definition) is 1. The number of methoxy groups -OCH3 is 1. The van der Waals surface area contributed by atoms with Crippen LogP contribution in [0.2, 0.25) is 0 Å². The summed E-state index contributed by atoms with van der Waals surface area (Å²) >= 11 is 0. The third-order valence-corrected chi connectivity index (χ3v) is 3.73. The van der Waals surface area contributed by atoms with Gasteiger partial charge in [-0.2, -0.15) is 4.98 Å². The molecule has 1 saturated heterocycles. The van der Waals surface area contributed by atoms with Gasteiger partial charge in [-0.3, -0.25) is 4.90 Å². The Balaban J connectivity index is 1.49. The van der Waals surface area contributed by atoms with Gasteiger partial charge in [0, 0.05) is 32.1 Å². The van der Waals surface area contributed by atoms with Crippen LogP contribution >= 0.6 is 0 Å². The molecular weight excluding hydrogens is 284 g/mol. The fourth-order valence-corrected chi connectivity index (χ4v) is 2.58. The van der Waals surface area contributed by atoms with E-state index in [0.29, 0.717) is 17.8 Å². The zero-order valence-electron chi connectivity index (χ0n) is 12.8. The van der Waals surface area contributed by atoms with E-state index < -0.39 is 0 Å². The summed E-state index contributed by atoms with van der Waals surface area (Å²) in [7, 11) is 1.60. The highest BCUT2D eigenvalue weighted by Gasteiger charge is 2.20. The van der Waals surface area contributed by atoms with E-state index >= 15 is 0 Å². The van der Waals surface area contributed by atoms with Gasteiger partial charge in [-0.15, -0.1) is 0 Å². The molecule has 118 valence electrons. The lowest BCUT2D eigenvalue weighted by molar-refractivity contribution is 0.204. The average Bonchev–Trinajstić information content (AvgIpc) is 2.94. The summed E-state index contributed by atoms with van der Waals surface area (Å²) < 4.78 is 10.1. The van der Waals surface area contributed by atoms with E-state index in [9.17, 15) is 0 Å². The lowest BCUT2D eigenvalue weighted by Crippen LogP contribution is -2.39. The highest BCUT2D eigenvalue weighted by atomic mass is 16.5. The number of nitrogens with zero attached hydrogens (tertiary/aromatic N) is 5. The Morgan fingerprint density at radius 1 is 1.36 bits per heavy atom. The molecule has 8 nitrogen and oxygen atoms in total. The van der Waals surface area contributed by atoms with Crippen LogP contribution in [0.25, 0.3) is 0 Å². The SMILES string of the molecule is COc1cc(NC2CCN(Cc3noc(C)n3)CC2)ncn1. The predicted molar refractivity (Wildman–Crippen MR) is 79.5 cm³/mol. The summed E-state index contributed by atoms with van der Waals surface area (Å²) in [5.41, 5.74) is 0. The van der Waals surface area contributed by atoms with Crippen molar-refractivity contribution in [1.29, 1.82) is 0 Å². The molecule has 1 N–H and O–H groups in total. The topological polar surface area (TPSA) is 89.2 Å². The fourth-order valence-electron chi connectivity index (χ4n) is 2.58. The number of anilines is 1. The number of ether oxygens (including phenoxy) is 1. The van der Waals surface area contributed by atoms with Gasteiger partial charge in [0.05, 0.1) is 13.7 Å². The number of aromatic nitrogens is 4. The lowest BCUT2D eigenvalue weighted by Gasteiger charge is -2.31. The summed E-state index contributed by atoms with van der Waals surface area (Å²) in [6, 6.07) is 2.22. The first-order valence-electron chi connectivity index (χ1n) is 7.37. The summed E-state index contributed by atoms with van der Waals surface area (Å²) in [6.07, 6.45) is 3.60. The Kier molecular flexibility index (Phi) is 4.47. The Labute approximate surface area is 128 Å². The number of likely N-dealkylation sites (tertiary alicyclic amines) is 1. The molecule has 0 aliphatic carbocycles. The van der Waals surface area contributed by atoms with Crippen LogP contribution in [0.3, 0.4) is 0 Å². The largest absolute Gasteiger partial charge is 0.481 e. The van der Waals surface area contributed by atoms with Crippen LogP contribution < -0.4 is 10.1 Å². The molecule has 22 heavy (non-hydrogen) atoms. The number of nitrogens with one attached hydrogen (secondary N) is 1. The van der Waals surface area contributed by atoms with Gasteiger partial charge in [0.25, 0.3) is 0 Å². The molecule has 0 atom stereocenters. The normalized spacial score (nSPS) is 16.6. The minimum atomic E-state index is 0.405. The second kappa shape index (κ2) is 6.69. The van der Waals surface area contributed by atoms with Gasteiger partial charge in [-0.1, -0.05) is 5.16 Å². The first kappa shape index (κ1) is 14.7. The van der Waals surface area contributed by atoms with Gasteiger partial charge in [0.2, 0.25) is 11.8 Å². The first-order chi connectivity index (χ1) is 10.7. The molecule has 2 aromatic heterocycles. The molecule has 3 rings (SSSR count). The van der Waals surface area contributed by atoms with Crippen molar-refractivity contribution in [1.82, 2.24) is 25.0 Å². The maximum Gasteiger partial charge on any atom is 0.223 e. The molecule has 0 aromatic carbocycles. The van der Waals surface area contributed by atoms with Crippen LogP contribution in [-0.2, 0) is 6.54 Å². The van der Waals surface area contributed by atoms with E-state index in [2.05, 4.69) is 30.3 Å². The minimum Gasteiger partial charge on any atom is -0.481 e. The van der Waals surface area contributed by atoms with Crippen molar-refractivity contribution in [2.24, 2.45) is 0 Å². The van der Waals surface area contributed by atoms with Gasteiger partial charge in [0.1, 0.15) is 12.1 Å². The molecule has 1 aliphatic rings. The fraction of sp³-hybridized carbons (Fsp3) is 0.571. The molecular formula is C14H20N6O2. The standard InChI is InChI=1S/C14H20N6O2/c1-10-17-13(19-22-10)8-20-5-3-11(4-6-20)18-12-7-14(21-2)16-9-15-12/h7,9,11H,3-6,8H2,1-2H3,(H,15,16,18). The third-order valence-electron chi connectivity index (χ3n) is 3.73. The lowest BCUT2D eigenvalue weighted by atomic mass is 10.1. The molecule has 3 heterocycles. The molecule has 8 heteroatoms.